The van der Waals surface area contributed by atoms with E-state index in [9.17, 15) is 0 Å². The van der Waals surface area contributed by atoms with E-state index in [0.29, 0.717) is 0 Å². The second kappa shape index (κ2) is 94.6. The molecule has 0 radical (unpaired) electrons. The molecule has 0 rings (SSSR count). The van der Waals surface area contributed by atoms with Crippen LogP contribution >= 0.6 is 0 Å². The van der Waals surface area contributed by atoms with Crippen molar-refractivity contribution < 1.29 is 22.9 Å². The summed E-state index contributed by atoms with van der Waals surface area (Å²) in [6, 6.07) is 0. The molecule has 0 heterocycles. The highest BCUT2D eigenvalue weighted by Gasteiger charge is 1.42. The Bertz CT molecular complexity index is 134. The highest BCUT2D eigenvalue weighted by atomic mass is 32.2. The molecule has 0 aliphatic rings. The predicted octanol–water partition coefficient (Wildman–Crippen LogP) is 1.19. The average molecular weight is 227 g/mol. The van der Waals surface area contributed by atoms with E-state index in [4.69, 9.17) is 33.7 Å². The molecule has 3 N–H and O–H groups in total. The lowest BCUT2D eigenvalue weighted by Gasteiger charge is -1.83. The van der Waals surface area contributed by atoms with Crippen LogP contribution in [0.5, 0.6) is 0 Å². The van der Waals surface area contributed by atoms with Crippen LogP contribution in [-0.2, 0) is 21.0 Å². The number of hydrogen-bond donors (Lipinski definition) is 3. The smallest absolute Gasteiger partial charge is 0.231 e. The SMILES string of the molecule is CC.CC.N=C=O.N=C=O.O=S([O-])O. The Labute approximate surface area is 85.7 Å². The molecule has 0 amide bonds. The van der Waals surface area contributed by atoms with Gasteiger partial charge in [0.1, 0.15) is 0 Å². The predicted molar refractivity (Wildman–Crippen MR) is 51.1 cm³/mol. The van der Waals surface area contributed by atoms with Crippen molar-refractivity contribution in [2.75, 3.05) is 0 Å². The van der Waals surface area contributed by atoms with Gasteiger partial charge in [0, 0.05) is 0 Å². The summed E-state index contributed by atoms with van der Waals surface area (Å²) in [6.45, 7) is 8.00. The zero-order valence-electron chi connectivity index (χ0n) is 8.49. The van der Waals surface area contributed by atoms with Gasteiger partial charge in [-0.2, -0.15) is 0 Å². The molecule has 0 aliphatic carbocycles. The summed E-state index contributed by atoms with van der Waals surface area (Å²) in [6.07, 6.45) is 1.50. The van der Waals surface area contributed by atoms with Crippen molar-refractivity contribution in [3.63, 3.8) is 0 Å². The lowest BCUT2D eigenvalue weighted by Crippen LogP contribution is -1.75. The van der Waals surface area contributed by atoms with Crippen LogP contribution in [0.1, 0.15) is 27.7 Å². The highest BCUT2D eigenvalue weighted by Crippen LogP contribution is 1.43. The van der Waals surface area contributed by atoms with Gasteiger partial charge in [-0.1, -0.05) is 27.7 Å². The second-order valence-electron chi connectivity index (χ2n) is 0.421. The van der Waals surface area contributed by atoms with Gasteiger partial charge in [-0.25, -0.2) is 24.6 Å². The molecule has 1 unspecified atom stereocenters. The molecule has 0 saturated heterocycles. The summed E-state index contributed by atoms with van der Waals surface area (Å²) >= 11 is -2.86. The summed E-state index contributed by atoms with van der Waals surface area (Å²) in [4.78, 5) is 16.7. The Morgan fingerprint density at radius 2 is 1.07 bits per heavy atom. The van der Waals surface area contributed by atoms with Crippen molar-refractivity contribution in [2.45, 2.75) is 27.7 Å². The number of nitrogens with one attached hydrogen (secondary N) is 2. The molecule has 0 aromatic rings. The summed E-state index contributed by atoms with van der Waals surface area (Å²) in [5.41, 5.74) is 0. The van der Waals surface area contributed by atoms with E-state index >= 15 is 0 Å². The van der Waals surface area contributed by atoms with E-state index in [1.807, 2.05) is 27.7 Å². The molecule has 8 heteroatoms. The van der Waals surface area contributed by atoms with E-state index in [1.165, 1.54) is 0 Å². The van der Waals surface area contributed by atoms with Gasteiger partial charge < -0.3 is 9.11 Å². The first-order valence-electron chi connectivity index (χ1n) is 3.42. The maximum Gasteiger partial charge on any atom is 0.231 e. The van der Waals surface area contributed by atoms with Gasteiger partial charge in [0.05, 0.1) is 11.4 Å². The third kappa shape index (κ3) is 764. The first-order chi connectivity index (χ1) is 6.56. The molecule has 14 heavy (non-hydrogen) atoms. The largest absolute Gasteiger partial charge is 0.750 e. The summed E-state index contributed by atoms with van der Waals surface area (Å²) in [5, 5.41) is 10.8. The Morgan fingerprint density at radius 1 is 1.07 bits per heavy atom. The van der Waals surface area contributed by atoms with Crippen molar-refractivity contribution in [2.24, 2.45) is 0 Å². The van der Waals surface area contributed by atoms with Crippen molar-refractivity contribution in [3.8, 4) is 0 Å². The molecule has 0 bridgehead atoms. The van der Waals surface area contributed by atoms with E-state index in [-0.39, 0.29) is 0 Å². The summed E-state index contributed by atoms with van der Waals surface area (Å²) in [7, 11) is 0. The molecule has 0 fully saturated rings. The molecule has 86 valence electrons. The van der Waals surface area contributed by atoms with Gasteiger partial charge in [-0.15, -0.1) is 0 Å². The minimum atomic E-state index is -2.86. The van der Waals surface area contributed by atoms with E-state index in [1.54, 1.807) is 0 Å². The van der Waals surface area contributed by atoms with Crippen LogP contribution in [0.25, 0.3) is 0 Å². The van der Waals surface area contributed by atoms with E-state index in [2.05, 4.69) is 0 Å². The first-order valence-corrected chi connectivity index (χ1v) is 4.46. The van der Waals surface area contributed by atoms with Crippen LogP contribution in [0.3, 0.4) is 0 Å². The third-order valence-corrected chi connectivity index (χ3v) is 0. The van der Waals surface area contributed by atoms with Crippen LogP contribution in [0.2, 0.25) is 0 Å². The highest BCUT2D eigenvalue weighted by molar-refractivity contribution is 7.73. The van der Waals surface area contributed by atoms with Gasteiger partial charge >= 0.3 is 0 Å². The Hall–Kier alpha value is -1.17. The quantitative estimate of drug-likeness (QED) is 0.323. The van der Waals surface area contributed by atoms with Gasteiger partial charge in [-0.3, -0.25) is 0 Å². The van der Waals surface area contributed by atoms with Gasteiger partial charge in [-0.05, 0) is 0 Å². The third-order valence-electron chi connectivity index (χ3n) is 0. The fourth-order valence-electron chi connectivity index (χ4n) is 0. The van der Waals surface area contributed by atoms with Crippen molar-refractivity contribution in [1.29, 1.82) is 10.8 Å². The van der Waals surface area contributed by atoms with Gasteiger partial charge in [0.15, 0.2) is 0 Å². The molecular weight excluding hydrogens is 212 g/mol. The molecule has 7 nitrogen and oxygen atoms in total. The van der Waals surface area contributed by atoms with Crippen LogP contribution in [-0.4, -0.2) is 25.5 Å². The fraction of sp³-hybridized carbons (Fsp3) is 0.667. The zero-order valence-corrected chi connectivity index (χ0v) is 9.30. The summed E-state index contributed by atoms with van der Waals surface area (Å²) in [5.74, 6) is 0. The fourth-order valence-corrected chi connectivity index (χ4v) is 0. The molecule has 1 atom stereocenters. The number of isocyanates is 2. The van der Waals surface area contributed by atoms with Crippen LogP contribution in [0.4, 0.5) is 0 Å². The van der Waals surface area contributed by atoms with Gasteiger partial charge in [0.2, 0.25) is 12.2 Å². The first kappa shape index (κ1) is 29.3. The summed E-state index contributed by atoms with van der Waals surface area (Å²) < 4.78 is 24.1. The second-order valence-corrected chi connectivity index (χ2v) is 0.855. The van der Waals surface area contributed by atoms with Crippen LogP contribution in [0.15, 0.2) is 0 Å². The van der Waals surface area contributed by atoms with E-state index in [0.717, 1.165) is 12.2 Å². The standard InChI is InChI=1S/2C2H6.2CHNO.H2O3S/c2*1-2;2*2-1-3;1-4(2)3/h2*1-2H3;2*2H;(H2,1,2,3)/p-1. The number of hydrogen-bond acceptors (Lipinski definition) is 6. The Balaban J connectivity index is -0.0000000249. The maximum atomic E-state index is 8.56. The number of rotatable bonds is 0. The lowest BCUT2D eigenvalue weighted by molar-refractivity contribution is 0.436. The monoisotopic (exact) mass is 227 g/mol. The zero-order chi connectivity index (χ0) is 13.0. The Morgan fingerprint density at radius 3 is 1.07 bits per heavy atom. The molecule has 0 aromatic carbocycles. The van der Waals surface area contributed by atoms with Crippen molar-refractivity contribution >= 4 is 23.5 Å². The normalized spacial score (nSPS) is 6.43. The van der Waals surface area contributed by atoms with Crippen molar-refractivity contribution in [1.82, 2.24) is 0 Å². The van der Waals surface area contributed by atoms with Crippen molar-refractivity contribution in [3.05, 3.63) is 0 Å². The minimum Gasteiger partial charge on any atom is -0.750 e. The molecule has 0 spiro atoms. The van der Waals surface area contributed by atoms with E-state index < -0.39 is 11.4 Å². The number of carbonyl (C=O) groups excluding carboxylic acids is 2. The molecule has 0 aliphatic heterocycles. The molecule has 0 aromatic heterocycles. The van der Waals surface area contributed by atoms with Crippen LogP contribution in [0, 0.1) is 10.8 Å². The average Bonchev–Trinajstić information content (AvgIpc) is 2.12. The van der Waals surface area contributed by atoms with Crippen LogP contribution < -0.4 is 0 Å². The Kier molecular flexibility index (Phi) is 198. The molecular formula is C6H15N2O5S-. The minimum absolute atomic E-state index is 0.750. The topological polar surface area (TPSA) is 142 Å². The lowest BCUT2D eigenvalue weighted by atomic mass is 11.0. The maximum absolute atomic E-state index is 8.56. The molecule has 0 saturated carbocycles. The van der Waals surface area contributed by atoms with Gasteiger partial charge in [0.25, 0.3) is 0 Å².